The minimum atomic E-state index is -0.00194. The Labute approximate surface area is 197 Å². The van der Waals surface area contributed by atoms with Gasteiger partial charge in [0.2, 0.25) is 0 Å². The summed E-state index contributed by atoms with van der Waals surface area (Å²) in [5.41, 5.74) is 3.76. The maximum absolute atomic E-state index is 13.3. The lowest BCUT2D eigenvalue weighted by atomic mass is 10.0. The number of nitrogens with one attached hydrogen (secondary N) is 1. The molecule has 0 unspecified atom stereocenters. The molecule has 0 saturated carbocycles. The molecule has 2 saturated heterocycles. The molecular formula is C27H36N4O2. The van der Waals surface area contributed by atoms with Crippen molar-refractivity contribution in [3.8, 4) is 0 Å². The number of aryl methyl sites for hydroxylation is 1. The second kappa shape index (κ2) is 10.8. The van der Waals surface area contributed by atoms with Crippen molar-refractivity contribution in [2.24, 2.45) is 0 Å². The molecule has 0 aliphatic carbocycles. The smallest absolute Gasteiger partial charge is 0.256 e. The predicted octanol–water partition coefficient (Wildman–Crippen LogP) is 3.43. The van der Waals surface area contributed by atoms with Crippen LogP contribution in [0.5, 0.6) is 0 Å². The molecule has 0 radical (unpaired) electrons. The first-order valence-electron chi connectivity index (χ1n) is 12.3. The van der Waals surface area contributed by atoms with Crippen molar-refractivity contribution < 1.29 is 9.59 Å². The van der Waals surface area contributed by atoms with Gasteiger partial charge in [0.05, 0.1) is 5.56 Å². The molecule has 2 aliphatic rings. The molecular weight excluding hydrogens is 412 g/mol. The van der Waals surface area contributed by atoms with Crippen molar-refractivity contribution in [1.29, 1.82) is 0 Å². The Morgan fingerprint density at radius 1 is 0.879 bits per heavy atom. The highest BCUT2D eigenvalue weighted by Gasteiger charge is 2.27. The summed E-state index contributed by atoms with van der Waals surface area (Å²) in [6.45, 7) is 10.4. The van der Waals surface area contributed by atoms with E-state index in [9.17, 15) is 9.59 Å². The third-order valence-electron chi connectivity index (χ3n) is 7.04. The Balaban J connectivity index is 1.35. The molecule has 4 rings (SSSR count). The number of benzene rings is 2. The van der Waals surface area contributed by atoms with Gasteiger partial charge in [0, 0.05) is 56.6 Å². The number of carbonyl (C=O) groups is 2. The number of carbonyl (C=O) groups excluding carboxylic acids is 2. The quantitative estimate of drug-likeness (QED) is 0.736. The van der Waals surface area contributed by atoms with E-state index >= 15 is 0 Å². The standard InChI is InChI=1S/C27H36N4O2/c1-3-21-9-11-22(12-10-21)26(32)28-23-13-15-30(16-14-23)25-8-6-5-7-24(25)27(33)31-19-17-29(4-2)18-20-31/h5-12,23H,3-4,13-20H2,1-2H3,(H,28,32). The lowest BCUT2D eigenvalue weighted by Crippen LogP contribution is -2.49. The van der Waals surface area contributed by atoms with Crippen molar-refractivity contribution >= 4 is 17.5 Å². The molecule has 2 aliphatic heterocycles. The van der Waals surface area contributed by atoms with Crippen LogP contribution in [0, 0.1) is 0 Å². The lowest BCUT2D eigenvalue weighted by molar-refractivity contribution is 0.0644. The number of hydrogen-bond donors (Lipinski definition) is 1. The van der Waals surface area contributed by atoms with Crippen molar-refractivity contribution in [3.63, 3.8) is 0 Å². The Bertz CT molecular complexity index is 943. The summed E-state index contributed by atoms with van der Waals surface area (Å²) < 4.78 is 0. The van der Waals surface area contributed by atoms with Gasteiger partial charge in [-0.15, -0.1) is 0 Å². The molecule has 0 spiro atoms. The topological polar surface area (TPSA) is 55.9 Å². The largest absolute Gasteiger partial charge is 0.371 e. The van der Waals surface area contributed by atoms with Gasteiger partial charge in [-0.1, -0.05) is 38.1 Å². The van der Waals surface area contributed by atoms with E-state index in [0.29, 0.717) is 5.56 Å². The second-order valence-electron chi connectivity index (χ2n) is 9.03. The maximum Gasteiger partial charge on any atom is 0.256 e. The fourth-order valence-corrected chi connectivity index (χ4v) is 4.79. The summed E-state index contributed by atoms with van der Waals surface area (Å²) in [6, 6.07) is 16.0. The van der Waals surface area contributed by atoms with Gasteiger partial charge < -0.3 is 20.0 Å². The van der Waals surface area contributed by atoms with E-state index in [-0.39, 0.29) is 17.9 Å². The van der Waals surface area contributed by atoms with Crippen LogP contribution in [0.15, 0.2) is 48.5 Å². The average molecular weight is 449 g/mol. The number of para-hydroxylation sites is 1. The van der Waals surface area contributed by atoms with E-state index in [1.165, 1.54) is 5.56 Å². The zero-order chi connectivity index (χ0) is 23.2. The first-order chi connectivity index (χ1) is 16.1. The minimum absolute atomic E-state index is 0.00194. The summed E-state index contributed by atoms with van der Waals surface area (Å²) in [5.74, 6) is 0.130. The highest BCUT2D eigenvalue weighted by molar-refractivity contribution is 6.00. The molecule has 2 aromatic carbocycles. The molecule has 176 valence electrons. The third kappa shape index (κ3) is 5.56. The predicted molar refractivity (Wildman–Crippen MR) is 133 cm³/mol. The Hall–Kier alpha value is -2.86. The Kier molecular flexibility index (Phi) is 7.65. The van der Waals surface area contributed by atoms with Crippen LogP contribution in [0.4, 0.5) is 5.69 Å². The maximum atomic E-state index is 13.3. The monoisotopic (exact) mass is 448 g/mol. The van der Waals surface area contributed by atoms with E-state index in [4.69, 9.17) is 0 Å². The van der Waals surface area contributed by atoms with Crippen LogP contribution in [0.25, 0.3) is 0 Å². The number of piperidine rings is 1. The Morgan fingerprint density at radius 3 is 2.18 bits per heavy atom. The first kappa shape index (κ1) is 23.3. The van der Waals surface area contributed by atoms with Gasteiger partial charge in [0.25, 0.3) is 11.8 Å². The molecule has 0 atom stereocenters. The van der Waals surface area contributed by atoms with E-state index in [1.54, 1.807) is 0 Å². The molecule has 2 heterocycles. The molecule has 0 aromatic heterocycles. The molecule has 6 nitrogen and oxygen atoms in total. The summed E-state index contributed by atoms with van der Waals surface area (Å²) in [4.78, 5) is 32.6. The normalized spacial score (nSPS) is 17.8. The van der Waals surface area contributed by atoms with Crippen LogP contribution in [0.1, 0.15) is 53.0 Å². The highest BCUT2D eigenvalue weighted by atomic mass is 16.2. The van der Waals surface area contributed by atoms with Crippen molar-refractivity contribution in [2.45, 2.75) is 39.2 Å². The van der Waals surface area contributed by atoms with E-state index in [2.05, 4.69) is 35.0 Å². The first-order valence-corrected chi connectivity index (χ1v) is 12.3. The fraction of sp³-hybridized carbons (Fsp3) is 0.481. The van der Waals surface area contributed by atoms with Gasteiger partial charge in [-0.3, -0.25) is 9.59 Å². The average Bonchev–Trinajstić information content (AvgIpc) is 2.89. The SMILES string of the molecule is CCc1ccc(C(=O)NC2CCN(c3ccccc3C(=O)N3CCN(CC)CC3)CC2)cc1. The number of hydrogen-bond acceptors (Lipinski definition) is 4. The van der Waals surface area contributed by atoms with E-state index in [0.717, 1.165) is 76.3 Å². The zero-order valence-electron chi connectivity index (χ0n) is 19.9. The van der Waals surface area contributed by atoms with Crippen molar-refractivity contribution in [2.75, 3.05) is 50.7 Å². The minimum Gasteiger partial charge on any atom is -0.371 e. The molecule has 2 aromatic rings. The number of likely N-dealkylation sites (N-methyl/N-ethyl adjacent to an activating group) is 1. The summed E-state index contributed by atoms with van der Waals surface area (Å²) in [6.07, 6.45) is 2.71. The van der Waals surface area contributed by atoms with E-state index in [1.807, 2.05) is 47.4 Å². The number of rotatable bonds is 6. The molecule has 6 heteroatoms. The fourth-order valence-electron chi connectivity index (χ4n) is 4.79. The molecule has 33 heavy (non-hydrogen) atoms. The Morgan fingerprint density at radius 2 is 1.55 bits per heavy atom. The number of piperazine rings is 1. The van der Waals surface area contributed by atoms with Crippen LogP contribution < -0.4 is 10.2 Å². The van der Waals surface area contributed by atoms with Gasteiger partial charge >= 0.3 is 0 Å². The van der Waals surface area contributed by atoms with E-state index < -0.39 is 0 Å². The lowest BCUT2D eigenvalue weighted by Gasteiger charge is -2.37. The second-order valence-corrected chi connectivity index (χ2v) is 9.03. The molecule has 1 N–H and O–H groups in total. The van der Waals surface area contributed by atoms with Gasteiger partial charge in [0.1, 0.15) is 0 Å². The summed E-state index contributed by atoms with van der Waals surface area (Å²) >= 11 is 0. The van der Waals surface area contributed by atoms with Gasteiger partial charge in [-0.2, -0.15) is 0 Å². The number of anilines is 1. The van der Waals surface area contributed by atoms with Crippen LogP contribution >= 0.6 is 0 Å². The zero-order valence-corrected chi connectivity index (χ0v) is 19.9. The third-order valence-corrected chi connectivity index (χ3v) is 7.04. The van der Waals surface area contributed by atoms with Crippen LogP contribution in [-0.2, 0) is 6.42 Å². The summed E-state index contributed by atoms with van der Waals surface area (Å²) in [5, 5.41) is 3.20. The number of amides is 2. The van der Waals surface area contributed by atoms with Crippen LogP contribution in [0.2, 0.25) is 0 Å². The molecule has 2 fully saturated rings. The van der Waals surface area contributed by atoms with Crippen molar-refractivity contribution in [1.82, 2.24) is 15.1 Å². The highest BCUT2D eigenvalue weighted by Crippen LogP contribution is 2.26. The van der Waals surface area contributed by atoms with Crippen molar-refractivity contribution in [3.05, 3.63) is 65.2 Å². The van der Waals surface area contributed by atoms with Gasteiger partial charge in [-0.05, 0) is 55.6 Å². The van der Waals surface area contributed by atoms with Gasteiger partial charge in [0.15, 0.2) is 0 Å². The van der Waals surface area contributed by atoms with Crippen LogP contribution in [-0.4, -0.2) is 73.5 Å². The number of nitrogens with zero attached hydrogens (tertiary/aromatic N) is 3. The van der Waals surface area contributed by atoms with Crippen LogP contribution in [0.3, 0.4) is 0 Å². The summed E-state index contributed by atoms with van der Waals surface area (Å²) in [7, 11) is 0. The molecule has 0 bridgehead atoms. The van der Waals surface area contributed by atoms with Gasteiger partial charge in [-0.25, -0.2) is 0 Å². The molecule has 2 amide bonds.